The lowest BCUT2D eigenvalue weighted by molar-refractivity contribution is 0.285. The van der Waals surface area contributed by atoms with Gasteiger partial charge in [0.1, 0.15) is 0 Å². The SMILES string of the molecule is CCCC1CC[C](C2CC[C](c3ccc(OCC)c(F)c3F)CC2)CC1. The predicted molar refractivity (Wildman–Crippen MR) is 102 cm³/mol. The first-order chi connectivity index (χ1) is 12.6. The van der Waals surface area contributed by atoms with E-state index in [2.05, 4.69) is 6.92 Å². The van der Waals surface area contributed by atoms with Crippen LogP contribution in [-0.4, -0.2) is 6.61 Å². The summed E-state index contributed by atoms with van der Waals surface area (Å²) >= 11 is 0. The summed E-state index contributed by atoms with van der Waals surface area (Å²) < 4.78 is 33.8. The van der Waals surface area contributed by atoms with Crippen molar-refractivity contribution in [1.29, 1.82) is 0 Å². The second-order valence-electron chi connectivity index (χ2n) is 7.94. The van der Waals surface area contributed by atoms with Crippen molar-refractivity contribution >= 4 is 0 Å². The zero-order chi connectivity index (χ0) is 18.5. The fraction of sp³-hybridized carbons (Fsp3) is 0.652. The van der Waals surface area contributed by atoms with Crippen LogP contribution in [0.4, 0.5) is 8.78 Å². The normalized spacial score (nSPS) is 21.2. The highest BCUT2D eigenvalue weighted by molar-refractivity contribution is 5.39. The highest BCUT2D eigenvalue weighted by Crippen LogP contribution is 2.46. The van der Waals surface area contributed by atoms with Crippen molar-refractivity contribution in [2.75, 3.05) is 6.61 Å². The van der Waals surface area contributed by atoms with E-state index in [0.29, 0.717) is 18.1 Å². The van der Waals surface area contributed by atoms with Gasteiger partial charge in [-0.15, -0.1) is 0 Å². The molecule has 3 rings (SSSR count). The van der Waals surface area contributed by atoms with Crippen LogP contribution < -0.4 is 4.74 Å². The monoisotopic (exact) mass is 362 g/mol. The van der Waals surface area contributed by atoms with Gasteiger partial charge in [0.05, 0.1) is 6.61 Å². The maximum absolute atomic E-state index is 14.5. The summed E-state index contributed by atoms with van der Waals surface area (Å²) in [7, 11) is 0. The molecule has 0 aromatic heterocycles. The van der Waals surface area contributed by atoms with Crippen LogP contribution in [0, 0.1) is 35.3 Å². The van der Waals surface area contributed by atoms with Crippen LogP contribution >= 0.6 is 0 Å². The number of hydrogen-bond donors (Lipinski definition) is 0. The van der Waals surface area contributed by atoms with Gasteiger partial charge in [-0.05, 0) is 87.7 Å². The molecular weight excluding hydrogens is 330 g/mol. The molecule has 0 saturated heterocycles. The Labute approximate surface area is 157 Å². The van der Waals surface area contributed by atoms with E-state index in [9.17, 15) is 8.78 Å². The van der Waals surface area contributed by atoms with Crippen LogP contribution in [0.3, 0.4) is 0 Å². The lowest BCUT2D eigenvalue weighted by Crippen LogP contribution is -2.24. The van der Waals surface area contributed by atoms with Crippen molar-refractivity contribution in [2.24, 2.45) is 11.8 Å². The number of rotatable bonds is 6. The number of halogens is 2. The van der Waals surface area contributed by atoms with Crippen LogP contribution in [-0.2, 0) is 0 Å². The lowest BCUT2D eigenvalue weighted by atomic mass is 9.68. The Balaban J connectivity index is 1.55. The Kier molecular flexibility index (Phi) is 6.94. The van der Waals surface area contributed by atoms with Crippen molar-refractivity contribution in [3.8, 4) is 5.75 Å². The number of ether oxygens (including phenoxy) is 1. The maximum Gasteiger partial charge on any atom is 0.200 e. The van der Waals surface area contributed by atoms with Crippen molar-refractivity contribution in [1.82, 2.24) is 0 Å². The van der Waals surface area contributed by atoms with E-state index in [1.54, 1.807) is 25.0 Å². The van der Waals surface area contributed by atoms with E-state index in [-0.39, 0.29) is 5.75 Å². The minimum absolute atomic E-state index is 0.0161. The van der Waals surface area contributed by atoms with Crippen LogP contribution in [0.5, 0.6) is 5.75 Å². The molecule has 2 aliphatic rings. The molecule has 2 fully saturated rings. The molecule has 2 radical (unpaired) electrons. The van der Waals surface area contributed by atoms with E-state index in [1.807, 2.05) is 0 Å². The first kappa shape index (κ1) is 19.6. The number of benzene rings is 1. The van der Waals surface area contributed by atoms with Crippen molar-refractivity contribution in [3.05, 3.63) is 41.2 Å². The third-order valence-electron chi connectivity index (χ3n) is 6.34. The molecule has 1 nitrogen and oxygen atoms in total. The van der Waals surface area contributed by atoms with Gasteiger partial charge in [0.25, 0.3) is 0 Å². The topological polar surface area (TPSA) is 9.23 Å². The van der Waals surface area contributed by atoms with Crippen LogP contribution in [0.1, 0.15) is 83.6 Å². The van der Waals surface area contributed by atoms with E-state index >= 15 is 0 Å². The molecule has 26 heavy (non-hydrogen) atoms. The van der Waals surface area contributed by atoms with Gasteiger partial charge in [-0.1, -0.05) is 25.8 Å². The molecular formula is C23H32F2O. The summed E-state index contributed by atoms with van der Waals surface area (Å²) in [6, 6.07) is 3.27. The molecule has 1 aromatic rings. The van der Waals surface area contributed by atoms with E-state index in [4.69, 9.17) is 4.74 Å². The standard InChI is InChI=1S/C23H32F2O/c1-3-5-16-6-8-17(9-7-16)18-10-12-19(13-11-18)20-14-15-21(26-4-2)23(25)22(20)24/h14-16,18H,3-13H2,1-2H3. The zero-order valence-electron chi connectivity index (χ0n) is 16.3. The van der Waals surface area contributed by atoms with Crippen LogP contribution in [0.25, 0.3) is 0 Å². The average Bonchev–Trinajstić information content (AvgIpc) is 2.67. The maximum atomic E-state index is 14.5. The Morgan fingerprint density at radius 3 is 2.23 bits per heavy atom. The summed E-state index contributed by atoms with van der Waals surface area (Å²) in [5, 5.41) is 0. The van der Waals surface area contributed by atoms with Crippen molar-refractivity contribution in [2.45, 2.75) is 78.1 Å². The van der Waals surface area contributed by atoms with Crippen LogP contribution in [0.15, 0.2) is 12.1 Å². The predicted octanol–water partition coefficient (Wildman–Crippen LogP) is 7.04. The molecule has 144 valence electrons. The summed E-state index contributed by atoms with van der Waals surface area (Å²) in [5.74, 6) is 2.87. The molecule has 0 unspecified atom stereocenters. The first-order valence-electron chi connectivity index (χ1n) is 10.4. The highest BCUT2D eigenvalue weighted by atomic mass is 19.2. The van der Waals surface area contributed by atoms with E-state index < -0.39 is 11.6 Å². The Morgan fingerprint density at radius 2 is 1.62 bits per heavy atom. The average molecular weight is 363 g/mol. The van der Waals surface area contributed by atoms with E-state index in [1.165, 1.54) is 38.5 Å². The third-order valence-corrected chi connectivity index (χ3v) is 6.34. The summed E-state index contributed by atoms with van der Waals surface area (Å²) in [4.78, 5) is 0. The molecule has 2 aliphatic carbocycles. The Hall–Kier alpha value is -1.12. The van der Waals surface area contributed by atoms with Gasteiger partial charge in [0, 0.05) is 5.92 Å². The molecule has 3 heteroatoms. The summed E-state index contributed by atoms with van der Waals surface area (Å²) in [6.45, 7) is 4.39. The molecule has 0 bridgehead atoms. The zero-order valence-corrected chi connectivity index (χ0v) is 16.3. The molecule has 0 spiro atoms. The first-order valence-corrected chi connectivity index (χ1v) is 10.4. The van der Waals surface area contributed by atoms with Gasteiger partial charge >= 0.3 is 0 Å². The molecule has 0 amide bonds. The molecule has 0 aliphatic heterocycles. The van der Waals surface area contributed by atoms with Crippen molar-refractivity contribution < 1.29 is 13.5 Å². The second-order valence-corrected chi connectivity index (χ2v) is 7.94. The lowest BCUT2D eigenvalue weighted by Gasteiger charge is -2.37. The fourth-order valence-corrected chi connectivity index (χ4v) is 4.87. The molecule has 0 heterocycles. The summed E-state index contributed by atoms with van der Waals surface area (Å²) in [6.07, 6.45) is 11.9. The largest absolute Gasteiger partial charge is 0.491 e. The van der Waals surface area contributed by atoms with Gasteiger partial charge in [-0.3, -0.25) is 0 Å². The third kappa shape index (κ3) is 4.40. The smallest absolute Gasteiger partial charge is 0.200 e. The molecule has 0 atom stereocenters. The summed E-state index contributed by atoms with van der Waals surface area (Å²) in [5.41, 5.74) is 0.459. The molecule has 2 saturated carbocycles. The molecule has 1 aromatic carbocycles. The van der Waals surface area contributed by atoms with Gasteiger partial charge < -0.3 is 4.74 Å². The van der Waals surface area contributed by atoms with Gasteiger partial charge in [0.15, 0.2) is 11.6 Å². The quantitative estimate of drug-likeness (QED) is 0.527. The van der Waals surface area contributed by atoms with Gasteiger partial charge in [-0.25, -0.2) is 4.39 Å². The fourth-order valence-electron chi connectivity index (χ4n) is 4.87. The Morgan fingerprint density at radius 1 is 0.923 bits per heavy atom. The minimum Gasteiger partial charge on any atom is -0.491 e. The minimum atomic E-state index is -0.845. The van der Waals surface area contributed by atoms with Gasteiger partial charge in [0.2, 0.25) is 5.82 Å². The molecule has 0 N–H and O–H groups in total. The number of hydrogen-bond acceptors (Lipinski definition) is 1. The van der Waals surface area contributed by atoms with Crippen LogP contribution in [0.2, 0.25) is 0 Å². The second kappa shape index (κ2) is 9.19. The van der Waals surface area contributed by atoms with Crippen molar-refractivity contribution in [3.63, 3.8) is 0 Å². The Bertz CT molecular complexity index is 570. The van der Waals surface area contributed by atoms with E-state index in [0.717, 1.165) is 37.5 Å². The van der Waals surface area contributed by atoms with Gasteiger partial charge in [-0.2, -0.15) is 4.39 Å². The highest BCUT2D eigenvalue weighted by Gasteiger charge is 2.33.